The van der Waals surface area contributed by atoms with Crippen LogP contribution in [0.1, 0.15) is 23.1 Å². The molecule has 4 rings (SSSR count). The molecule has 29 heavy (non-hydrogen) atoms. The van der Waals surface area contributed by atoms with Crippen LogP contribution in [0.25, 0.3) is 0 Å². The highest BCUT2D eigenvalue weighted by molar-refractivity contribution is 9.10. The van der Waals surface area contributed by atoms with Crippen LogP contribution < -0.4 is 4.90 Å². The molecule has 1 aliphatic rings. The summed E-state index contributed by atoms with van der Waals surface area (Å²) in [7, 11) is 1.35. The number of ether oxygens (including phenoxy) is 1. The highest BCUT2D eigenvalue weighted by Gasteiger charge is 2.53. The zero-order valence-corrected chi connectivity index (χ0v) is 17.6. The van der Waals surface area contributed by atoms with Crippen molar-refractivity contribution in [3.63, 3.8) is 0 Å². The third-order valence-electron chi connectivity index (χ3n) is 5.41. The van der Waals surface area contributed by atoms with Crippen molar-refractivity contribution in [3.05, 3.63) is 100 Å². The fraction of sp³-hybridized carbons (Fsp3) is 0.167. The minimum Gasteiger partial charge on any atom is -0.469 e. The third-order valence-corrected chi connectivity index (χ3v) is 5.90. The van der Waals surface area contributed by atoms with Gasteiger partial charge in [0.15, 0.2) is 0 Å². The van der Waals surface area contributed by atoms with E-state index in [1.54, 1.807) is 4.90 Å². The van der Waals surface area contributed by atoms with Gasteiger partial charge in [0.25, 0.3) is 0 Å². The van der Waals surface area contributed by atoms with Crippen molar-refractivity contribution < 1.29 is 14.3 Å². The molecular weight excluding hydrogens is 430 g/mol. The number of amides is 1. The van der Waals surface area contributed by atoms with Gasteiger partial charge in [0.1, 0.15) is 5.41 Å². The van der Waals surface area contributed by atoms with Gasteiger partial charge in [0.05, 0.1) is 20.1 Å². The van der Waals surface area contributed by atoms with Crippen molar-refractivity contribution in [3.8, 4) is 0 Å². The Bertz CT molecular complexity index is 1050. The smallest absolute Gasteiger partial charge is 0.307 e. The summed E-state index contributed by atoms with van der Waals surface area (Å²) >= 11 is 3.53. The van der Waals surface area contributed by atoms with Gasteiger partial charge >= 0.3 is 5.97 Å². The molecule has 0 radical (unpaired) electrons. The largest absolute Gasteiger partial charge is 0.469 e. The first-order valence-corrected chi connectivity index (χ1v) is 10.1. The predicted octanol–water partition coefficient (Wildman–Crippen LogP) is 4.85. The van der Waals surface area contributed by atoms with Crippen LogP contribution in [0, 0.1) is 0 Å². The third kappa shape index (κ3) is 3.36. The van der Waals surface area contributed by atoms with Gasteiger partial charge in [0.2, 0.25) is 5.91 Å². The highest BCUT2D eigenvalue weighted by Crippen LogP contribution is 2.49. The number of fused-ring (bicyclic) bond motifs is 1. The molecule has 5 heteroatoms. The zero-order valence-electron chi connectivity index (χ0n) is 16.0. The van der Waals surface area contributed by atoms with Crippen LogP contribution >= 0.6 is 15.9 Å². The summed E-state index contributed by atoms with van der Waals surface area (Å²) in [5.41, 5.74) is 2.31. The standard InChI is InChI=1S/C24H20BrNO3/c1-29-22(27)15-24(18-10-6-3-7-11-18)20-14-19(25)12-13-21(20)26(23(24)28)16-17-8-4-2-5-9-17/h2-14H,15-16H2,1H3/t24-/m0/s1. The molecule has 1 atom stereocenters. The first-order chi connectivity index (χ1) is 14.1. The van der Waals surface area contributed by atoms with Crippen molar-refractivity contribution in [1.29, 1.82) is 0 Å². The first kappa shape index (κ1) is 19.4. The van der Waals surface area contributed by atoms with E-state index in [1.807, 2.05) is 78.9 Å². The van der Waals surface area contributed by atoms with Gasteiger partial charge in [-0.2, -0.15) is 0 Å². The molecule has 0 spiro atoms. The Hall–Kier alpha value is -2.92. The van der Waals surface area contributed by atoms with Crippen molar-refractivity contribution in [1.82, 2.24) is 0 Å². The van der Waals surface area contributed by atoms with Gasteiger partial charge < -0.3 is 9.64 Å². The topological polar surface area (TPSA) is 46.6 Å². The molecule has 1 heterocycles. The van der Waals surface area contributed by atoms with E-state index in [1.165, 1.54) is 7.11 Å². The summed E-state index contributed by atoms with van der Waals surface area (Å²) in [6.45, 7) is 0.435. The van der Waals surface area contributed by atoms with E-state index in [9.17, 15) is 9.59 Å². The summed E-state index contributed by atoms with van der Waals surface area (Å²) < 4.78 is 5.84. The monoisotopic (exact) mass is 449 g/mol. The molecule has 0 N–H and O–H groups in total. The number of rotatable bonds is 5. The Morgan fingerprint density at radius 2 is 1.66 bits per heavy atom. The number of benzene rings is 3. The van der Waals surface area contributed by atoms with E-state index in [4.69, 9.17) is 4.74 Å². The molecule has 146 valence electrons. The van der Waals surface area contributed by atoms with E-state index in [-0.39, 0.29) is 12.3 Å². The van der Waals surface area contributed by atoms with Gasteiger partial charge in [-0.25, -0.2) is 0 Å². The van der Waals surface area contributed by atoms with Gasteiger partial charge in [-0.3, -0.25) is 9.59 Å². The Morgan fingerprint density at radius 1 is 1.00 bits per heavy atom. The number of methoxy groups -OCH3 is 1. The van der Waals surface area contributed by atoms with E-state index in [0.717, 1.165) is 26.9 Å². The molecule has 4 nitrogen and oxygen atoms in total. The molecule has 0 bridgehead atoms. The van der Waals surface area contributed by atoms with Gasteiger partial charge in [0, 0.05) is 10.2 Å². The van der Waals surface area contributed by atoms with E-state index < -0.39 is 11.4 Å². The number of hydrogen-bond acceptors (Lipinski definition) is 3. The maximum atomic E-state index is 14.0. The maximum Gasteiger partial charge on any atom is 0.307 e. The fourth-order valence-electron chi connectivity index (χ4n) is 4.03. The molecule has 0 unspecified atom stereocenters. The lowest BCUT2D eigenvalue weighted by molar-refractivity contribution is -0.143. The van der Waals surface area contributed by atoms with Crippen molar-refractivity contribution in [2.45, 2.75) is 18.4 Å². The lowest BCUT2D eigenvalue weighted by Crippen LogP contribution is -2.42. The van der Waals surface area contributed by atoms with Crippen LogP contribution in [-0.2, 0) is 26.3 Å². The summed E-state index contributed by atoms with van der Waals surface area (Å²) in [6, 6.07) is 25.1. The minimum absolute atomic E-state index is 0.0545. The Balaban J connectivity index is 1.92. The van der Waals surface area contributed by atoms with Crippen molar-refractivity contribution in [2.75, 3.05) is 12.0 Å². The van der Waals surface area contributed by atoms with E-state index >= 15 is 0 Å². The van der Waals surface area contributed by atoms with Crippen molar-refractivity contribution >= 4 is 33.5 Å². The predicted molar refractivity (Wildman–Crippen MR) is 116 cm³/mol. The number of carbonyl (C=O) groups excluding carboxylic acids is 2. The number of anilines is 1. The van der Waals surface area contributed by atoms with Gasteiger partial charge in [-0.15, -0.1) is 0 Å². The summed E-state index contributed by atoms with van der Waals surface area (Å²) in [5, 5.41) is 0. The minimum atomic E-state index is -1.12. The lowest BCUT2D eigenvalue weighted by atomic mass is 9.73. The average molecular weight is 450 g/mol. The second-order valence-corrected chi connectivity index (χ2v) is 7.98. The summed E-state index contributed by atoms with van der Waals surface area (Å²) in [5.74, 6) is -0.541. The second kappa shape index (κ2) is 7.84. The Kier molecular flexibility index (Phi) is 5.24. The van der Waals surface area contributed by atoms with Gasteiger partial charge in [-0.05, 0) is 34.9 Å². The quantitative estimate of drug-likeness (QED) is 0.523. The van der Waals surface area contributed by atoms with E-state index in [0.29, 0.717) is 6.54 Å². The normalized spacial score (nSPS) is 17.9. The van der Waals surface area contributed by atoms with E-state index in [2.05, 4.69) is 15.9 Å². The summed E-state index contributed by atoms with van der Waals surface area (Å²) in [4.78, 5) is 28.2. The average Bonchev–Trinajstić information content (AvgIpc) is 2.98. The van der Waals surface area contributed by atoms with Crippen LogP contribution in [0.5, 0.6) is 0 Å². The molecule has 0 aromatic heterocycles. The second-order valence-electron chi connectivity index (χ2n) is 7.06. The molecule has 1 aliphatic heterocycles. The Morgan fingerprint density at radius 3 is 2.31 bits per heavy atom. The Labute approximate surface area is 178 Å². The van der Waals surface area contributed by atoms with Gasteiger partial charge in [-0.1, -0.05) is 76.6 Å². The van der Waals surface area contributed by atoms with Crippen LogP contribution in [0.4, 0.5) is 5.69 Å². The summed E-state index contributed by atoms with van der Waals surface area (Å²) in [6.07, 6.45) is -0.0545. The number of hydrogen-bond donors (Lipinski definition) is 0. The van der Waals surface area contributed by atoms with Crippen LogP contribution in [0.3, 0.4) is 0 Å². The zero-order chi connectivity index (χ0) is 20.4. The molecule has 0 saturated carbocycles. The highest BCUT2D eigenvalue weighted by atomic mass is 79.9. The molecule has 1 amide bonds. The first-order valence-electron chi connectivity index (χ1n) is 9.34. The number of halogens is 1. The number of esters is 1. The molecular formula is C24H20BrNO3. The molecule has 0 aliphatic carbocycles. The molecule has 0 fully saturated rings. The SMILES string of the molecule is COC(=O)C[C@@]1(c2ccccc2)C(=O)N(Cc2ccccc2)c2ccc(Br)cc21. The molecule has 0 saturated heterocycles. The number of carbonyl (C=O) groups is 2. The van der Waals surface area contributed by atoms with Crippen LogP contribution in [0.2, 0.25) is 0 Å². The molecule has 3 aromatic rings. The lowest BCUT2D eigenvalue weighted by Gasteiger charge is -2.28. The van der Waals surface area contributed by atoms with Crippen LogP contribution in [0.15, 0.2) is 83.3 Å². The fourth-order valence-corrected chi connectivity index (χ4v) is 4.39. The van der Waals surface area contributed by atoms with Crippen molar-refractivity contribution in [2.24, 2.45) is 0 Å². The number of nitrogens with zero attached hydrogens (tertiary/aromatic N) is 1. The van der Waals surface area contributed by atoms with Crippen LogP contribution in [-0.4, -0.2) is 19.0 Å². The molecule has 3 aromatic carbocycles. The maximum absolute atomic E-state index is 14.0.